The van der Waals surface area contributed by atoms with Crippen LogP contribution in [0, 0.1) is 0 Å². The van der Waals surface area contributed by atoms with Gasteiger partial charge in [-0.2, -0.15) is 0 Å². The third kappa shape index (κ3) is 5.29. The maximum atomic E-state index is 14.0. The Morgan fingerprint density at radius 3 is 1.81 bits per heavy atom. The molecule has 2 nitrogen and oxygen atoms in total. The summed E-state index contributed by atoms with van der Waals surface area (Å²) in [5.74, 6) is 1.22. The van der Waals surface area contributed by atoms with Crippen LogP contribution in [-0.4, -0.2) is 38.5 Å². The summed E-state index contributed by atoms with van der Waals surface area (Å²) >= 11 is -2.91. The number of hydrogen-bond acceptors (Lipinski definition) is 2. The van der Waals surface area contributed by atoms with E-state index in [2.05, 4.69) is 90.9 Å². The molecule has 0 aliphatic heterocycles. The van der Waals surface area contributed by atoms with Gasteiger partial charge in [0.05, 0.1) is 0 Å². The molecule has 0 amide bonds. The zero-order chi connectivity index (χ0) is 20.3. The van der Waals surface area contributed by atoms with E-state index in [0.29, 0.717) is 17.8 Å². The number of benzene rings is 2. The van der Waals surface area contributed by atoms with Crippen LogP contribution in [0.4, 0.5) is 0 Å². The summed E-state index contributed by atoms with van der Waals surface area (Å²) in [7, 11) is 4.14. The molecule has 0 bridgehead atoms. The van der Waals surface area contributed by atoms with Gasteiger partial charge in [0.15, 0.2) is 0 Å². The predicted octanol–water partition coefficient (Wildman–Crippen LogP) is 4.65. The van der Waals surface area contributed by atoms with Crippen LogP contribution >= 0.6 is 0 Å². The Kier molecular flexibility index (Phi) is 7.81. The molecule has 0 aliphatic rings. The second-order valence-electron chi connectivity index (χ2n) is 8.61. The molecule has 0 saturated carbocycles. The van der Waals surface area contributed by atoms with Crippen LogP contribution < -0.4 is 7.22 Å². The minimum absolute atomic E-state index is 0.370. The molecule has 0 heterocycles. The van der Waals surface area contributed by atoms with Crippen molar-refractivity contribution in [3.8, 4) is 0 Å². The van der Waals surface area contributed by atoms with Crippen molar-refractivity contribution in [3.05, 3.63) is 58.7 Å². The van der Waals surface area contributed by atoms with E-state index >= 15 is 0 Å². The van der Waals surface area contributed by atoms with Gasteiger partial charge in [-0.25, -0.2) is 0 Å². The van der Waals surface area contributed by atoms with Gasteiger partial charge in [0.25, 0.3) is 0 Å². The molecule has 148 valence electrons. The molecular weight excluding hydrogens is 446 g/mol. The van der Waals surface area contributed by atoms with Crippen LogP contribution in [0.5, 0.6) is 0 Å². The van der Waals surface area contributed by atoms with E-state index in [0.717, 1.165) is 10.2 Å². The van der Waals surface area contributed by atoms with Crippen LogP contribution in [-0.2, 0) is 9.65 Å². The minimum atomic E-state index is -2.91. The number of hydrogen-bond donors (Lipinski definition) is 0. The first kappa shape index (κ1) is 22.3. The Morgan fingerprint density at radius 1 is 0.852 bits per heavy atom. The van der Waals surface area contributed by atoms with Crippen LogP contribution in [0.25, 0.3) is 0 Å². The quantitative estimate of drug-likeness (QED) is 0.537. The van der Waals surface area contributed by atoms with E-state index in [1.807, 2.05) is 6.07 Å². The summed E-state index contributed by atoms with van der Waals surface area (Å²) in [6.07, 6.45) is 0. The van der Waals surface area contributed by atoms with E-state index in [-0.39, 0.29) is 0 Å². The first-order valence-electron chi connectivity index (χ1n) is 9.95. The standard InChI is InChI=1S/C24H35NOTe/c1-16(2)20-13-21(17(3)4)24(22(14-20)18(5)6)27(26)23-12-10-9-11-19(23)15-25(7)8/h9-14,16-18H,15H2,1-8H3. The summed E-state index contributed by atoms with van der Waals surface area (Å²) in [5, 5.41) is 0. The molecule has 0 atom stereocenters. The van der Waals surface area contributed by atoms with E-state index in [1.54, 1.807) is 0 Å². The van der Waals surface area contributed by atoms with Gasteiger partial charge in [-0.05, 0) is 0 Å². The van der Waals surface area contributed by atoms with Crippen molar-refractivity contribution in [1.82, 2.24) is 4.90 Å². The molecule has 2 rings (SSSR count). The molecular formula is C24H35NOTe. The molecule has 0 N–H and O–H groups in total. The van der Waals surface area contributed by atoms with E-state index in [9.17, 15) is 3.10 Å². The summed E-state index contributed by atoms with van der Waals surface area (Å²) in [6, 6.07) is 12.9. The zero-order valence-corrected chi connectivity index (χ0v) is 20.5. The van der Waals surface area contributed by atoms with Crippen LogP contribution in [0.2, 0.25) is 0 Å². The normalized spacial score (nSPS) is 12.2. The van der Waals surface area contributed by atoms with Gasteiger partial charge in [-0.1, -0.05) is 0 Å². The molecule has 0 saturated heterocycles. The van der Waals surface area contributed by atoms with Crippen LogP contribution in [0.3, 0.4) is 0 Å². The molecule has 3 heteroatoms. The molecule has 0 radical (unpaired) electrons. The van der Waals surface area contributed by atoms with Crippen molar-refractivity contribution >= 4 is 26.8 Å². The second kappa shape index (κ2) is 9.46. The second-order valence-corrected chi connectivity index (χ2v) is 12.6. The SMILES string of the molecule is CC(C)c1cc(C(C)C)c([Te](=O)c2ccccc2CN(C)C)c(C(C)C)c1. The predicted molar refractivity (Wildman–Crippen MR) is 118 cm³/mol. The topological polar surface area (TPSA) is 20.3 Å². The van der Waals surface area contributed by atoms with Crippen molar-refractivity contribution in [3.63, 3.8) is 0 Å². The summed E-state index contributed by atoms with van der Waals surface area (Å²) < 4.78 is 16.3. The Bertz CT molecular complexity index is 777. The molecule has 0 unspecified atom stereocenters. The van der Waals surface area contributed by atoms with Crippen molar-refractivity contribution in [2.45, 2.75) is 65.8 Å². The van der Waals surface area contributed by atoms with Crippen molar-refractivity contribution < 1.29 is 3.10 Å². The molecule has 2 aromatic rings. The van der Waals surface area contributed by atoms with E-state index < -0.39 is 19.5 Å². The van der Waals surface area contributed by atoms with Crippen molar-refractivity contribution in [2.75, 3.05) is 14.1 Å². The number of nitrogens with zero attached hydrogens (tertiary/aromatic N) is 1. The third-order valence-corrected chi connectivity index (χ3v) is 9.60. The van der Waals surface area contributed by atoms with Gasteiger partial charge in [-0.15, -0.1) is 0 Å². The van der Waals surface area contributed by atoms with Gasteiger partial charge in [0, 0.05) is 0 Å². The van der Waals surface area contributed by atoms with Gasteiger partial charge in [-0.3, -0.25) is 0 Å². The summed E-state index contributed by atoms with van der Waals surface area (Å²) in [6.45, 7) is 14.2. The fourth-order valence-electron chi connectivity index (χ4n) is 3.37. The summed E-state index contributed by atoms with van der Waals surface area (Å²) in [5.41, 5.74) is 5.14. The Morgan fingerprint density at radius 2 is 1.37 bits per heavy atom. The van der Waals surface area contributed by atoms with E-state index in [1.165, 1.54) is 25.9 Å². The Hall–Kier alpha value is -1.01. The van der Waals surface area contributed by atoms with E-state index in [4.69, 9.17) is 0 Å². The van der Waals surface area contributed by atoms with Crippen molar-refractivity contribution in [1.29, 1.82) is 0 Å². The average Bonchev–Trinajstić information content (AvgIpc) is 2.59. The van der Waals surface area contributed by atoms with Gasteiger partial charge < -0.3 is 0 Å². The number of rotatable bonds is 7. The molecule has 0 spiro atoms. The maximum absolute atomic E-state index is 14.0. The molecule has 27 heavy (non-hydrogen) atoms. The Labute approximate surface area is 173 Å². The summed E-state index contributed by atoms with van der Waals surface area (Å²) in [4.78, 5) is 2.15. The zero-order valence-electron chi connectivity index (χ0n) is 18.2. The Balaban J connectivity index is 2.72. The van der Waals surface area contributed by atoms with Gasteiger partial charge >= 0.3 is 173 Å². The molecule has 0 aliphatic carbocycles. The van der Waals surface area contributed by atoms with Gasteiger partial charge in [0.2, 0.25) is 0 Å². The first-order valence-corrected chi connectivity index (χ1v) is 13.2. The molecule has 0 aromatic heterocycles. The van der Waals surface area contributed by atoms with Crippen LogP contribution in [0.1, 0.15) is 81.5 Å². The fraction of sp³-hybridized carbons (Fsp3) is 0.500. The van der Waals surface area contributed by atoms with Crippen molar-refractivity contribution in [2.24, 2.45) is 0 Å². The monoisotopic (exact) mass is 483 g/mol. The molecule has 0 fully saturated rings. The fourth-order valence-corrected chi connectivity index (χ4v) is 8.54. The average molecular weight is 481 g/mol. The molecule has 2 aromatic carbocycles. The van der Waals surface area contributed by atoms with Crippen LogP contribution in [0.15, 0.2) is 36.4 Å². The van der Waals surface area contributed by atoms with Gasteiger partial charge in [0.1, 0.15) is 0 Å². The first-order chi connectivity index (χ1) is 12.6. The third-order valence-electron chi connectivity index (χ3n) is 4.92.